The number of amides is 2. The van der Waals surface area contributed by atoms with Crippen LogP contribution in [0, 0.1) is 10.1 Å². The van der Waals surface area contributed by atoms with Gasteiger partial charge in [-0.15, -0.1) is 0 Å². The van der Waals surface area contributed by atoms with E-state index in [0.29, 0.717) is 12.4 Å². The van der Waals surface area contributed by atoms with Gasteiger partial charge in [0, 0.05) is 6.61 Å². The number of nitrogens with zero attached hydrogens (tertiary/aromatic N) is 1. The van der Waals surface area contributed by atoms with Crippen LogP contribution in [0.5, 0.6) is 5.75 Å². The van der Waals surface area contributed by atoms with Crippen LogP contribution in [0.15, 0.2) is 18.2 Å². The molecule has 1 saturated heterocycles. The van der Waals surface area contributed by atoms with E-state index in [9.17, 15) is 14.9 Å². The first-order valence-corrected chi connectivity index (χ1v) is 7.03. The van der Waals surface area contributed by atoms with Gasteiger partial charge < -0.3 is 20.1 Å². The molecule has 2 amide bonds. The van der Waals surface area contributed by atoms with E-state index in [0.717, 1.165) is 12.8 Å². The quantitative estimate of drug-likeness (QED) is 0.641. The molecule has 22 heavy (non-hydrogen) atoms. The fourth-order valence-electron chi connectivity index (χ4n) is 2.35. The summed E-state index contributed by atoms with van der Waals surface area (Å²) < 4.78 is 10.4. The van der Waals surface area contributed by atoms with Crippen LogP contribution in [-0.4, -0.2) is 36.8 Å². The van der Waals surface area contributed by atoms with Crippen molar-refractivity contribution in [3.63, 3.8) is 0 Å². The predicted octanol–water partition coefficient (Wildman–Crippen LogP) is 2.29. The fraction of sp³-hybridized carbons (Fsp3) is 0.500. The number of benzene rings is 1. The van der Waals surface area contributed by atoms with Crippen LogP contribution in [0.1, 0.15) is 19.8 Å². The van der Waals surface area contributed by atoms with Gasteiger partial charge in [-0.3, -0.25) is 10.1 Å². The highest BCUT2D eigenvalue weighted by atomic mass is 16.6. The molecule has 2 N–H and O–H groups in total. The molecule has 1 aromatic carbocycles. The molecule has 8 heteroatoms. The Bertz CT molecular complexity index is 557. The van der Waals surface area contributed by atoms with Gasteiger partial charge in [0.2, 0.25) is 0 Å². The Labute approximate surface area is 127 Å². The number of anilines is 1. The van der Waals surface area contributed by atoms with Crippen molar-refractivity contribution in [3.8, 4) is 5.75 Å². The first kappa shape index (κ1) is 16.0. The van der Waals surface area contributed by atoms with Crippen LogP contribution < -0.4 is 15.4 Å². The lowest BCUT2D eigenvalue weighted by Gasteiger charge is -2.20. The van der Waals surface area contributed by atoms with Crippen LogP contribution in [0.4, 0.5) is 16.2 Å². The number of hydrogen-bond donors (Lipinski definition) is 2. The Morgan fingerprint density at radius 1 is 1.55 bits per heavy atom. The number of nitro groups is 1. The van der Waals surface area contributed by atoms with Gasteiger partial charge in [0.25, 0.3) is 5.69 Å². The molecule has 120 valence electrons. The number of carbonyl (C=O) groups excluding carboxylic acids is 1. The normalized spacial score (nSPS) is 18.5. The molecule has 0 aromatic heterocycles. The van der Waals surface area contributed by atoms with Crippen LogP contribution >= 0.6 is 0 Å². The van der Waals surface area contributed by atoms with Crippen LogP contribution in [-0.2, 0) is 4.74 Å². The van der Waals surface area contributed by atoms with E-state index in [1.807, 2.05) is 6.92 Å². The van der Waals surface area contributed by atoms with Gasteiger partial charge in [0.1, 0.15) is 11.4 Å². The number of nitrogens with one attached hydrogen (secondary N) is 2. The molecule has 0 bridgehead atoms. The summed E-state index contributed by atoms with van der Waals surface area (Å²) in [5, 5.41) is 16.3. The summed E-state index contributed by atoms with van der Waals surface area (Å²) in [5.41, 5.74) is -0.109. The van der Waals surface area contributed by atoms with Gasteiger partial charge in [0.05, 0.1) is 30.2 Å². The molecule has 2 rings (SSSR count). The van der Waals surface area contributed by atoms with E-state index in [4.69, 9.17) is 9.47 Å². The summed E-state index contributed by atoms with van der Waals surface area (Å²) in [6.07, 6.45) is 1.85. The maximum absolute atomic E-state index is 12.0. The summed E-state index contributed by atoms with van der Waals surface area (Å²) >= 11 is 0. The van der Waals surface area contributed by atoms with Crippen LogP contribution in [0.3, 0.4) is 0 Å². The minimum Gasteiger partial charge on any atom is -0.496 e. The van der Waals surface area contributed by atoms with Crippen molar-refractivity contribution in [2.24, 2.45) is 0 Å². The highest BCUT2D eigenvalue weighted by Crippen LogP contribution is 2.28. The molecule has 0 aliphatic carbocycles. The molecule has 1 fully saturated rings. The van der Waals surface area contributed by atoms with E-state index in [1.165, 1.54) is 19.2 Å². The number of ether oxygens (including phenoxy) is 2. The average molecular weight is 309 g/mol. The van der Waals surface area contributed by atoms with Gasteiger partial charge in [-0.25, -0.2) is 4.79 Å². The molecule has 0 unspecified atom stereocenters. The molecule has 1 aliphatic heterocycles. The second-order valence-electron chi connectivity index (χ2n) is 5.08. The van der Waals surface area contributed by atoms with Gasteiger partial charge in [0.15, 0.2) is 0 Å². The molecule has 2 atom stereocenters. The van der Waals surface area contributed by atoms with Crippen molar-refractivity contribution in [3.05, 3.63) is 28.3 Å². The van der Waals surface area contributed by atoms with Crippen molar-refractivity contribution < 1.29 is 19.2 Å². The third-order valence-corrected chi connectivity index (χ3v) is 3.53. The van der Waals surface area contributed by atoms with E-state index >= 15 is 0 Å². The Kier molecular flexibility index (Phi) is 5.16. The fourth-order valence-corrected chi connectivity index (χ4v) is 2.35. The molecular weight excluding hydrogens is 290 g/mol. The Hall–Kier alpha value is -2.35. The number of methoxy groups -OCH3 is 1. The van der Waals surface area contributed by atoms with Gasteiger partial charge in [-0.2, -0.15) is 0 Å². The van der Waals surface area contributed by atoms with Gasteiger partial charge in [-0.05, 0) is 31.9 Å². The average Bonchev–Trinajstić information content (AvgIpc) is 3.01. The number of carbonyl (C=O) groups is 1. The standard InChI is InChI=1S/C14H19N3O5/c1-9(13-4-3-7-22-13)15-14(18)16-11-6-5-10(21-2)8-12(11)17(19)20/h5-6,8-9,13H,3-4,7H2,1-2H3,(H2,15,16,18)/t9-,13+/m1/s1. The maximum atomic E-state index is 12.0. The molecule has 1 aromatic rings. The zero-order chi connectivity index (χ0) is 16.1. The van der Waals surface area contributed by atoms with Crippen molar-refractivity contribution >= 4 is 17.4 Å². The van der Waals surface area contributed by atoms with Crippen molar-refractivity contribution in [1.29, 1.82) is 0 Å². The Balaban J connectivity index is 2.02. The van der Waals surface area contributed by atoms with Gasteiger partial charge >= 0.3 is 6.03 Å². The van der Waals surface area contributed by atoms with E-state index in [2.05, 4.69) is 10.6 Å². The predicted molar refractivity (Wildman–Crippen MR) is 80.2 cm³/mol. The number of rotatable bonds is 5. The molecule has 0 radical (unpaired) electrons. The van der Waals surface area contributed by atoms with E-state index in [1.54, 1.807) is 6.07 Å². The second-order valence-corrected chi connectivity index (χ2v) is 5.08. The molecular formula is C14H19N3O5. The topological polar surface area (TPSA) is 103 Å². The minimum absolute atomic E-state index is 0.0170. The first-order valence-electron chi connectivity index (χ1n) is 7.03. The van der Waals surface area contributed by atoms with Crippen molar-refractivity contribution in [1.82, 2.24) is 5.32 Å². The SMILES string of the molecule is COc1ccc(NC(=O)N[C@H](C)[C@@H]2CCCO2)c([N+](=O)[O-])c1. The zero-order valence-corrected chi connectivity index (χ0v) is 12.5. The van der Waals surface area contributed by atoms with Crippen LogP contribution in [0.2, 0.25) is 0 Å². The Morgan fingerprint density at radius 2 is 2.32 bits per heavy atom. The number of nitro benzene ring substituents is 1. The second kappa shape index (κ2) is 7.08. The summed E-state index contributed by atoms with van der Waals surface area (Å²) in [5.74, 6) is 0.352. The van der Waals surface area contributed by atoms with E-state index < -0.39 is 11.0 Å². The summed E-state index contributed by atoms with van der Waals surface area (Å²) in [6, 6.07) is 3.58. The highest BCUT2D eigenvalue weighted by molar-refractivity contribution is 5.92. The molecule has 1 heterocycles. The lowest BCUT2D eigenvalue weighted by Crippen LogP contribution is -2.43. The highest BCUT2D eigenvalue weighted by Gasteiger charge is 2.24. The third kappa shape index (κ3) is 3.85. The number of urea groups is 1. The lowest BCUT2D eigenvalue weighted by atomic mass is 10.1. The largest absolute Gasteiger partial charge is 0.496 e. The summed E-state index contributed by atoms with van der Waals surface area (Å²) in [6.45, 7) is 2.54. The molecule has 0 saturated carbocycles. The molecule has 1 aliphatic rings. The van der Waals surface area contributed by atoms with Crippen molar-refractivity contribution in [2.75, 3.05) is 19.0 Å². The first-order chi connectivity index (χ1) is 10.5. The Morgan fingerprint density at radius 3 is 2.91 bits per heavy atom. The lowest BCUT2D eigenvalue weighted by molar-refractivity contribution is -0.384. The molecule has 0 spiro atoms. The monoisotopic (exact) mass is 309 g/mol. The maximum Gasteiger partial charge on any atom is 0.319 e. The van der Waals surface area contributed by atoms with E-state index in [-0.39, 0.29) is 23.5 Å². The number of hydrogen-bond acceptors (Lipinski definition) is 5. The molecule has 8 nitrogen and oxygen atoms in total. The summed E-state index contributed by atoms with van der Waals surface area (Å²) in [7, 11) is 1.42. The summed E-state index contributed by atoms with van der Waals surface area (Å²) in [4.78, 5) is 22.5. The zero-order valence-electron chi connectivity index (χ0n) is 12.5. The van der Waals surface area contributed by atoms with Crippen molar-refractivity contribution in [2.45, 2.75) is 31.9 Å². The minimum atomic E-state index is -0.568. The van der Waals surface area contributed by atoms with Gasteiger partial charge in [-0.1, -0.05) is 0 Å². The third-order valence-electron chi connectivity index (χ3n) is 3.53. The van der Waals surface area contributed by atoms with Crippen LogP contribution in [0.25, 0.3) is 0 Å². The smallest absolute Gasteiger partial charge is 0.319 e.